The Morgan fingerprint density at radius 3 is 2.33 bits per heavy atom. The molecule has 4 rings (SSSR count). The van der Waals surface area contributed by atoms with Crippen molar-refractivity contribution >= 4 is 16.1 Å². The molecule has 0 aliphatic carbocycles. The summed E-state index contributed by atoms with van der Waals surface area (Å²) in [6.07, 6.45) is 0.750. The maximum atomic E-state index is 15.9. The zero-order valence-electron chi connectivity index (χ0n) is 22.1. The third-order valence-corrected chi connectivity index (χ3v) is 8.07. The van der Waals surface area contributed by atoms with Crippen molar-refractivity contribution in [3.8, 4) is 17.0 Å². The van der Waals surface area contributed by atoms with E-state index in [-0.39, 0.29) is 29.1 Å². The summed E-state index contributed by atoms with van der Waals surface area (Å²) in [5.41, 5.74) is -0.688. The third kappa shape index (κ3) is 6.31. The van der Waals surface area contributed by atoms with Crippen molar-refractivity contribution in [2.24, 2.45) is 5.41 Å². The average Bonchev–Trinajstić information content (AvgIpc) is 3.24. The lowest BCUT2D eigenvalue weighted by Crippen LogP contribution is -2.44. The van der Waals surface area contributed by atoms with Gasteiger partial charge in [0.05, 0.1) is 10.5 Å². The van der Waals surface area contributed by atoms with Gasteiger partial charge in [-0.05, 0) is 53.8 Å². The molecule has 2 heterocycles. The Hall–Kier alpha value is -4.25. The normalized spacial score (nSPS) is 12.6. The molecular weight excluding hydrogens is 540 g/mol. The predicted octanol–water partition coefficient (Wildman–Crippen LogP) is 5.87. The number of halogens is 2. The van der Waals surface area contributed by atoms with E-state index in [9.17, 15) is 22.7 Å². The van der Waals surface area contributed by atoms with Gasteiger partial charge < -0.3 is 15.2 Å². The third-order valence-electron chi connectivity index (χ3n) is 6.39. The lowest BCUT2D eigenvalue weighted by atomic mass is 9.83. The van der Waals surface area contributed by atoms with E-state index in [2.05, 4.69) is 10.3 Å². The number of nitrogens with one attached hydrogen (secondary N) is 1. The number of hydrogen-bond donors (Lipinski definition) is 2. The zero-order valence-corrected chi connectivity index (χ0v) is 23.0. The number of nitrogens with zero attached hydrogens (tertiary/aromatic N) is 2. The maximum absolute atomic E-state index is 15.9. The standard InChI is InChI=1S/C29H29F2N3O5S/c1-29(2,3)24(33-28(35)36)16-20-17-34(26(25(20)30)23-10-7-15-32-27(23)31)40(37,38)22-13-11-21(12-14-22)39-18-19-8-5-4-6-9-19/h4-15,17,24,33H,16,18H2,1-3H3,(H,35,36). The Kier molecular flexibility index (Phi) is 8.24. The van der Waals surface area contributed by atoms with Gasteiger partial charge in [-0.15, -0.1) is 0 Å². The minimum Gasteiger partial charge on any atom is -0.489 e. The van der Waals surface area contributed by atoms with Crippen molar-refractivity contribution in [2.75, 3.05) is 0 Å². The van der Waals surface area contributed by atoms with E-state index in [1.165, 1.54) is 42.6 Å². The van der Waals surface area contributed by atoms with E-state index in [1.54, 1.807) is 20.8 Å². The Morgan fingerprint density at radius 1 is 1.05 bits per heavy atom. The molecule has 8 nitrogen and oxygen atoms in total. The van der Waals surface area contributed by atoms with Crippen LogP contribution in [0.2, 0.25) is 0 Å². The van der Waals surface area contributed by atoms with Crippen LogP contribution in [-0.4, -0.2) is 34.6 Å². The highest BCUT2D eigenvalue weighted by Crippen LogP contribution is 2.34. The van der Waals surface area contributed by atoms with Gasteiger partial charge in [-0.2, -0.15) is 4.39 Å². The van der Waals surface area contributed by atoms with Crippen LogP contribution in [0, 0.1) is 17.2 Å². The van der Waals surface area contributed by atoms with Crippen LogP contribution in [-0.2, 0) is 23.1 Å². The van der Waals surface area contributed by atoms with Crippen LogP contribution in [0.5, 0.6) is 5.75 Å². The fourth-order valence-corrected chi connectivity index (χ4v) is 5.54. The number of carbonyl (C=O) groups is 1. The van der Waals surface area contributed by atoms with E-state index in [0.29, 0.717) is 9.72 Å². The van der Waals surface area contributed by atoms with Crippen LogP contribution in [0.15, 0.2) is 84.0 Å². The number of carboxylic acid groups (broad SMARTS) is 1. The summed E-state index contributed by atoms with van der Waals surface area (Å²) in [6, 6.07) is 16.9. The molecule has 4 aromatic rings. The number of pyridine rings is 1. The minimum absolute atomic E-state index is 0.0988. The average molecular weight is 570 g/mol. The zero-order chi connectivity index (χ0) is 29.1. The van der Waals surface area contributed by atoms with Gasteiger partial charge in [0, 0.05) is 24.0 Å². The molecule has 0 aliphatic rings. The van der Waals surface area contributed by atoms with Crippen LogP contribution in [0.25, 0.3) is 11.3 Å². The molecule has 2 aromatic heterocycles. The molecule has 2 N–H and O–H groups in total. The number of benzene rings is 2. The molecule has 1 amide bonds. The summed E-state index contributed by atoms with van der Waals surface area (Å²) >= 11 is 0. The van der Waals surface area contributed by atoms with Crippen molar-refractivity contribution in [1.82, 2.24) is 14.3 Å². The molecule has 0 bridgehead atoms. The number of amides is 1. The second kappa shape index (κ2) is 11.5. The molecule has 1 atom stereocenters. The van der Waals surface area contributed by atoms with Gasteiger partial charge in [0.1, 0.15) is 18.1 Å². The van der Waals surface area contributed by atoms with Gasteiger partial charge in [0.25, 0.3) is 10.0 Å². The molecule has 11 heteroatoms. The van der Waals surface area contributed by atoms with E-state index in [4.69, 9.17) is 4.74 Å². The topological polar surface area (TPSA) is 111 Å². The lowest BCUT2D eigenvalue weighted by Gasteiger charge is -2.30. The van der Waals surface area contributed by atoms with Gasteiger partial charge >= 0.3 is 6.09 Å². The molecular formula is C29H29F2N3O5S. The fraction of sp³-hybridized carbons (Fsp3) is 0.241. The summed E-state index contributed by atoms with van der Waals surface area (Å²) in [7, 11) is -4.42. The van der Waals surface area contributed by atoms with Crippen LogP contribution in [0.4, 0.5) is 13.6 Å². The summed E-state index contributed by atoms with van der Waals surface area (Å²) in [5.74, 6) is -1.61. The van der Waals surface area contributed by atoms with Gasteiger partial charge in [0.15, 0.2) is 5.82 Å². The first-order valence-electron chi connectivity index (χ1n) is 12.4. The highest BCUT2D eigenvalue weighted by molar-refractivity contribution is 7.90. The Morgan fingerprint density at radius 2 is 1.73 bits per heavy atom. The first kappa shape index (κ1) is 28.8. The maximum Gasteiger partial charge on any atom is 0.404 e. The largest absolute Gasteiger partial charge is 0.489 e. The van der Waals surface area contributed by atoms with Gasteiger partial charge in [-0.25, -0.2) is 26.6 Å². The first-order chi connectivity index (χ1) is 18.9. The van der Waals surface area contributed by atoms with Gasteiger partial charge in [-0.1, -0.05) is 51.1 Å². The molecule has 1 unspecified atom stereocenters. The molecule has 40 heavy (non-hydrogen) atoms. The van der Waals surface area contributed by atoms with Crippen LogP contribution >= 0.6 is 0 Å². The number of rotatable bonds is 9. The summed E-state index contributed by atoms with van der Waals surface area (Å²) in [6.45, 7) is 5.58. The second-order valence-electron chi connectivity index (χ2n) is 10.3. The van der Waals surface area contributed by atoms with E-state index >= 15 is 4.39 Å². The fourth-order valence-electron chi connectivity index (χ4n) is 4.15. The van der Waals surface area contributed by atoms with Crippen LogP contribution < -0.4 is 10.1 Å². The molecule has 2 aromatic carbocycles. The highest BCUT2D eigenvalue weighted by Gasteiger charge is 2.32. The van der Waals surface area contributed by atoms with Crippen LogP contribution in [0.3, 0.4) is 0 Å². The molecule has 0 spiro atoms. The number of hydrogen-bond acceptors (Lipinski definition) is 5. The monoisotopic (exact) mass is 569 g/mol. The summed E-state index contributed by atoms with van der Waals surface area (Å²) < 4.78 is 64.6. The molecule has 210 valence electrons. The minimum atomic E-state index is -4.42. The van der Waals surface area contributed by atoms with Crippen molar-refractivity contribution in [1.29, 1.82) is 0 Å². The quantitative estimate of drug-likeness (QED) is 0.244. The summed E-state index contributed by atoms with van der Waals surface area (Å²) in [4.78, 5) is 14.8. The Balaban J connectivity index is 1.74. The van der Waals surface area contributed by atoms with Gasteiger partial charge in [-0.3, -0.25) is 0 Å². The molecule has 0 saturated heterocycles. The SMILES string of the molecule is CC(C)(C)C(Cc1cn(S(=O)(=O)c2ccc(OCc3ccccc3)cc2)c(-c2cccnc2F)c1F)NC(=O)O. The molecule has 0 fully saturated rings. The lowest BCUT2D eigenvalue weighted by molar-refractivity contribution is 0.174. The van der Waals surface area contributed by atoms with Crippen molar-refractivity contribution in [2.45, 2.75) is 44.7 Å². The van der Waals surface area contributed by atoms with Gasteiger partial charge in [0.2, 0.25) is 5.95 Å². The highest BCUT2D eigenvalue weighted by atomic mass is 32.2. The Labute approximate surface area is 231 Å². The molecule has 0 aliphatic heterocycles. The van der Waals surface area contributed by atoms with Crippen LogP contribution in [0.1, 0.15) is 31.9 Å². The van der Waals surface area contributed by atoms with Crippen molar-refractivity contribution in [3.63, 3.8) is 0 Å². The van der Waals surface area contributed by atoms with E-state index < -0.39 is 45.0 Å². The number of ether oxygens (including phenoxy) is 1. The second-order valence-corrected chi connectivity index (χ2v) is 12.1. The first-order valence-corrected chi connectivity index (χ1v) is 13.8. The van der Waals surface area contributed by atoms with E-state index in [1.807, 2.05) is 30.3 Å². The predicted molar refractivity (Wildman–Crippen MR) is 145 cm³/mol. The van der Waals surface area contributed by atoms with Crippen molar-refractivity contribution < 1.29 is 31.8 Å². The molecule has 0 saturated carbocycles. The van der Waals surface area contributed by atoms with Crippen molar-refractivity contribution in [3.05, 3.63) is 102 Å². The summed E-state index contributed by atoms with van der Waals surface area (Å²) in [5, 5.41) is 11.7. The molecule has 0 radical (unpaired) electrons. The van der Waals surface area contributed by atoms with E-state index in [0.717, 1.165) is 11.8 Å². The Bertz CT molecular complexity index is 1600. The number of aromatic nitrogens is 2. The smallest absolute Gasteiger partial charge is 0.404 e.